The van der Waals surface area contributed by atoms with Crippen LogP contribution in [0.3, 0.4) is 0 Å². The molecule has 1 amide bonds. The molecule has 1 unspecified atom stereocenters. The molecule has 4 nitrogen and oxygen atoms in total. The van der Waals surface area contributed by atoms with Crippen molar-refractivity contribution in [2.24, 2.45) is 11.7 Å². The monoisotopic (exact) mass is 306 g/mol. The van der Waals surface area contributed by atoms with E-state index in [1.165, 1.54) is 0 Å². The molecule has 3 N–H and O–H groups in total. The number of hydrogen-bond donors (Lipinski definition) is 2. The molecule has 2 atom stereocenters. The number of benzene rings is 1. The van der Waals surface area contributed by atoms with Crippen LogP contribution in [0.1, 0.15) is 51.7 Å². The molecule has 1 rings (SSSR count). The predicted molar refractivity (Wildman–Crippen MR) is 90.8 cm³/mol. The molecule has 0 saturated heterocycles. The van der Waals surface area contributed by atoms with Gasteiger partial charge in [0.25, 0.3) is 0 Å². The fourth-order valence-electron chi connectivity index (χ4n) is 2.15. The highest BCUT2D eigenvalue weighted by Gasteiger charge is 2.15. The van der Waals surface area contributed by atoms with Gasteiger partial charge in [-0.15, -0.1) is 0 Å². The molecule has 4 heteroatoms. The van der Waals surface area contributed by atoms with Gasteiger partial charge in [-0.2, -0.15) is 0 Å². The Kier molecular flexibility index (Phi) is 7.39. The summed E-state index contributed by atoms with van der Waals surface area (Å²) in [6.07, 6.45) is 1.79. The summed E-state index contributed by atoms with van der Waals surface area (Å²) >= 11 is 0. The molecule has 0 aliphatic carbocycles. The van der Waals surface area contributed by atoms with Crippen LogP contribution in [0.15, 0.2) is 18.2 Å². The molecule has 0 spiro atoms. The van der Waals surface area contributed by atoms with Gasteiger partial charge in [0.1, 0.15) is 5.75 Å². The minimum Gasteiger partial charge on any atom is -0.490 e. The molecule has 0 aliphatic heterocycles. The van der Waals surface area contributed by atoms with E-state index in [0.29, 0.717) is 18.9 Å². The number of nitrogens with one attached hydrogen (secondary N) is 1. The molecular weight excluding hydrogens is 276 g/mol. The highest BCUT2D eigenvalue weighted by molar-refractivity contribution is 5.81. The van der Waals surface area contributed by atoms with Crippen molar-refractivity contribution in [3.63, 3.8) is 0 Å². The van der Waals surface area contributed by atoms with Gasteiger partial charge in [-0.3, -0.25) is 4.79 Å². The van der Waals surface area contributed by atoms with Gasteiger partial charge in [-0.05, 0) is 44.2 Å². The van der Waals surface area contributed by atoms with Gasteiger partial charge in [0, 0.05) is 12.1 Å². The fraction of sp³-hybridized carbons (Fsp3) is 0.611. The van der Waals surface area contributed by atoms with Gasteiger partial charge in [0.2, 0.25) is 5.91 Å². The van der Waals surface area contributed by atoms with Gasteiger partial charge < -0.3 is 15.8 Å². The lowest BCUT2D eigenvalue weighted by Crippen LogP contribution is -2.41. The van der Waals surface area contributed by atoms with E-state index in [1.54, 1.807) is 0 Å². The summed E-state index contributed by atoms with van der Waals surface area (Å²) in [4.78, 5) is 12.0. The topological polar surface area (TPSA) is 64.3 Å². The van der Waals surface area contributed by atoms with Crippen molar-refractivity contribution in [3.05, 3.63) is 29.3 Å². The van der Waals surface area contributed by atoms with E-state index in [2.05, 4.69) is 26.1 Å². The van der Waals surface area contributed by atoms with Crippen molar-refractivity contribution in [2.45, 2.75) is 66.2 Å². The highest BCUT2D eigenvalue weighted by Crippen LogP contribution is 2.22. The molecule has 1 aromatic carbocycles. The maximum Gasteiger partial charge on any atom is 0.237 e. The predicted octanol–water partition coefficient (Wildman–Crippen LogP) is 3.16. The van der Waals surface area contributed by atoms with Gasteiger partial charge in [0.05, 0.1) is 12.1 Å². The summed E-state index contributed by atoms with van der Waals surface area (Å²) in [6.45, 7) is 10.7. The molecule has 22 heavy (non-hydrogen) atoms. The first-order valence-electron chi connectivity index (χ1n) is 8.13. The zero-order valence-corrected chi connectivity index (χ0v) is 14.5. The Bertz CT molecular complexity index is 486. The third-order valence-electron chi connectivity index (χ3n) is 3.64. The van der Waals surface area contributed by atoms with Crippen LogP contribution in [-0.4, -0.2) is 18.1 Å². The molecule has 0 bridgehead atoms. The fourth-order valence-corrected chi connectivity index (χ4v) is 2.15. The summed E-state index contributed by atoms with van der Waals surface area (Å²) in [5.74, 6) is 1.14. The van der Waals surface area contributed by atoms with Crippen LogP contribution in [0, 0.1) is 12.8 Å². The van der Waals surface area contributed by atoms with Crippen LogP contribution in [0.4, 0.5) is 0 Å². The number of rotatable bonds is 8. The molecule has 1 aromatic rings. The largest absolute Gasteiger partial charge is 0.490 e. The second-order valence-electron chi connectivity index (χ2n) is 6.40. The zero-order valence-electron chi connectivity index (χ0n) is 14.5. The van der Waals surface area contributed by atoms with Gasteiger partial charge in [0.15, 0.2) is 0 Å². The third kappa shape index (κ3) is 6.06. The normalized spacial score (nSPS) is 13.8. The maximum atomic E-state index is 12.0. The van der Waals surface area contributed by atoms with Gasteiger partial charge in [-0.1, -0.05) is 32.9 Å². The quantitative estimate of drug-likeness (QED) is 0.775. The lowest BCUT2D eigenvalue weighted by Gasteiger charge is -2.18. The van der Waals surface area contributed by atoms with E-state index < -0.39 is 6.04 Å². The molecule has 0 heterocycles. The van der Waals surface area contributed by atoms with Crippen LogP contribution in [0.5, 0.6) is 5.75 Å². The average molecular weight is 306 g/mol. The summed E-state index contributed by atoms with van der Waals surface area (Å²) in [5.41, 5.74) is 8.03. The second-order valence-corrected chi connectivity index (χ2v) is 6.40. The van der Waals surface area contributed by atoms with Crippen molar-refractivity contribution in [2.75, 3.05) is 0 Å². The third-order valence-corrected chi connectivity index (χ3v) is 3.64. The van der Waals surface area contributed by atoms with E-state index in [-0.39, 0.29) is 12.0 Å². The lowest BCUT2D eigenvalue weighted by atomic mass is 10.0. The Hall–Kier alpha value is -1.55. The SMILES string of the molecule is CCC(C)Oc1cc(C)ccc1CNC(=O)[C@@H](N)CC(C)C. The molecule has 0 radical (unpaired) electrons. The minimum absolute atomic E-state index is 0.108. The van der Waals surface area contributed by atoms with E-state index in [1.807, 2.05) is 32.0 Å². The first kappa shape index (κ1) is 18.5. The molecular formula is C18H30N2O2. The van der Waals surface area contributed by atoms with Crippen LogP contribution in [0.2, 0.25) is 0 Å². The van der Waals surface area contributed by atoms with Gasteiger partial charge in [-0.25, -0.2) is 0 Å². The van der Waals surface area contributed by atoms with E-state index in [0.717, 1.165) is 23.3 Å². The zero-order chi connectivity index (χ0) is 16.7. The van der Waals surface area contributed by atoms with Crippen molar-refractivity contribution in [1.29, 1.82) is 0 Å². The van der Waals surface area contributed by atoms with E-state index in [4.69, 9.17) is 10.5 Å². The second kappa shape index (κ2) is 8.79. The Balaban J connectivity index is 2.70. The average Bonchev–Trinajstić information content (AvgIpc) is 2.45. The Morgan fingerprint density at radius 3 is 2.59 bits per heavy atom. The van der Waals surface area contributed by atoms with Crippen LogP contribution < -0.4 is 15.8 Å². The molecule has 0 saturated carbocycles. The number of hydrogen-bond acceptors (Lipinski definition) is 3. The van der Waals surface area contributed by atoms with Crippen molar-refractivity contribution in [1.82, 2.24) is 5.32 Å². The molecule has 124 valence electrons. The number of amides is 1. The summed E-state index contributed by atoms with van der Waals surface area (Å²) in [5, 5.41) is 2.91. The van der Waals surface area contributed by atoms with Crippen molar-refractivity contribution < 1.29 is 9.53 Å². The van der Waals surface area contributed by atoms with E-state index in [9.17, 15) is 4.79 Å². The van der Waals surface area contributed by atoms with Gasteiger partial charge >= 0.3 is 0 Å². The van der Waals surface area contributed by atoms with Crippen molar-refractivity contribution >= 4 is 5.91 Å². The Morgan fingerprint density at radius 2 is 2.00 bits per heavy atom. The number of ether oxygens (including phenoxy) is 1. The molecule has 0 aromatic heterocycles. The first-order valence-corrected chi connectivity index (χ1v) is 8.13. The number of carbonyl (C=O) groups excluding carboxylic acids is 1. The van der Waals surface area contributed by atoms with Crippen molar-refractivity contribution in [3.8, 4) is 5.75 Å². The number of aryl methyl sites for hydroxylation is 1. The summed E-state index contributed by atoms with van der Waals surface area (Å²) in [7, 11) is 0. The highest BCUT2D eigenvalue weighted by atomic mass is 16.5. The van der Waals surface area contributed by atoms with E-state index >= 15 is 0 Å². The summed E-state index contributed by atoms with van der Waals surface area (Å²) < 4.78 is 5.95. The Labute approximate surface area is 134 Å². The minimum atomic E-state index is -0.454. The van der Waals surface area contributed by atoms with Crippen LogP contribution in [-0.2, 0) is 11.3 Å². The smallest absolute Gasteiger partial charge is 0.237 e. The Morgan fingerprint density at radius 1 is 1.32 bits per heavy atom. The molecule has 0 fully saturated rings. The lowest BCUT2D eigenvalue weighted by molar-refractivity contribution is -0.122. The standard InChI is InChI=1S/C18H30N2O2/c1-6-14(5)22-17-10-13(4)7-8-15(17)11-20-18(21)16(19)9-12(2)3/h7-8,10,12,14,16H,6,9,11,19H2,1-5H3,(H,20,21)/t14?,16-/m0/s1. The maximum absolute atomic E-state index is 12.0. The number of carbonyl (C=O) groups is 1. The molecule has 0 aliphatic rings. The number of nitrogens with two attached hydrogens (primary N) is 1. The van der Waals surface area contributed by atoms with Crippen LogP contribution >= 0.6 is 0 Å². The summed E-state index contributed by atoms with van der Waals surface area (Å²) in [6, 6.07) is 5.59. The first-order chi connectivity index (χ1) is 10.3. The van der Waals surface area contributed by atoms with Crippen LogP contribution in [0.25, 0.3) is 0 Å².